The van der Waals surface area contributed by atoms with E-state index in [9.17, 15) is 55.5 Å². The third-order valence-electron chi connectivity index (χ3n) is 6.90. The number of hydrogen-bond acceptors (Lipinski definition) is 16. The van der Waals surface area contributed by atoms with E-state index in [1.165, 1.54) is 0 Å². The van der Waals surface area contributed by atoms with Gasteiger partial charge in [0.25, 0.3) is 0 Å². The van der Waals surface area contributed by atoms with E-state index < -0.39 is 124 Å². The average molecular weight is 587 g/mol. The summed E-state index contributed by atoms with van der Waals surface area (Å²) in [4.78, 5) is 23.9. The molecule has 3 heterocycles. The molecule has 3 fully saturated rings. The van der Waals surface area contributed by atoms with Gasteiger partial charge in [0.05, 0.1) is 19.8 Å². The first-order chi connectivity index (χ1) is 18.8. The topological polar surface area (TPSA) is 286 Å². The standard InChI is InChI=1S/C22H38N2O16/c1-6(28)23-11-16(33)13(30)8(3-25)37-21(11)39-18-12(24-7(2)29)22(38-10(5-27)14(18)31)40-19-15(32)9(4-26)36-20(35)17(19)34/h8-22,25-27,30-35H,3-5H2,1-2H3,(H,23,28)(H,24,29)/t8-,9-,10-,11+,12+,13-,14-,15-,16+,17+,18-,19+,20+,21-,22-/m0/s1. The van der Waals surface area contributed by atoms with Gasteiger partial charge in [0.15, 0.2) is 18.9 Å². The zero-order valence-electron chi connectivity index (χ0n) is 21.7. The molecule has 232 valence electrons. The third kappa shape index (κ3) is 7.05. The van der Waals surface area contributed by atoms with Crippen LogP contribution in [-0.2, 0) is 33.3 Å². The minimum atomic E-state index is -1.89. The molecule has 0 aromatic carbocycles. The Morgan fingerprint density at radius 3 is 1.55 bits per heavy atom. The lowest BCUT2D eigenvalue weighted by molar-refractivity contribution is -0.357. The van der Waals surface area contributed by atoms with E-state index in [1.54, 1.807) is 0 Å². The number of nitrogens with one attached hydrogen (secondary N) is 2. The number of ether oxygens (including phenoxy) is 5. The van der Waals surface area contributed by atoms with E-state index in [0.717, 1.165) is 13.8 Å². The summed E-state index contributed by atoms with van der Waals surface area (Å²) in [5.41, 5.74) is 0. The Bertz CT molecular complexity index is 854. The van der Waals surface area contributed by atoms with Crippen molar-refractivity contribution in [2.45, 2.75) is 106 Å². The van der Waals surface area contributed by atoms with Crippen molar-refractivity contribution in [3.63, 3.8) is 0 Å². The highest BCUT2D eigenvalue weighted by Gasteiger charge is 2.54. The van der Waals surface area contributed by atoms with Crippen LogP contribution >= 0.6 is 0 Å². The average Bonchev–Trinajstić information content (AvgIpc) is 2.90. The number of aliphatic hydroxyl groups is 9. The molecule has 0 saturated carbocycles. The number of aliphatic hydroxyl groups excluding tert-OH is 9. The summed E-state index contributed by atoms with van der Waals surface area (Å²) in [5, 5.41) is 96.5. The number of carbonyl (C=O) groups excluding carboxylic acids is 2. The predicted octanol–water partition coefficient (Wildman–Crippen LogP) is -7.29. The lowest BCUT2D eigenvalue weighted by Crippen LogP contribution is -2.70. The summed E-state index contributed by atoms with van der Waals surface area (Å²) < 4.78 is 27.7. The quantitative estimate of drug-likeness (QED) is 0.120. The van der Waals surface area contributed by atoms with Gasteiger partial charge >= 0.3 is 0 Å². The van der Waals surface area contributed by atoms with Crippen molar-refractivity contribution in [2.24, 2.45) is 0 Å². The van der Waals surface area contributed by atoms with Crippen molar-refractivity contribution in [1.29, 1.82) is 0 Å². The summed E-state index contributed by atoms with van der Waals surface area (Å²) >= 11 is 0. The molecule has 0 radical (unpaired) electrons. The zero-order valence-corrected chi connectivity index (χ0v) is 21.7. The van der Waals surface area contributed by atoms with Crippen molar-refractivity contribution in [3.8, 4) is 0 Å². The van der Waals surface area contributed by atoms with Crippen molar-refractivity contribution in [3.05, 3.63) is 0 Å². The normalized spacial score (nSPS) is 46.0. The molecule has 3 saturated heterocycles. The second-order valence-corrected chi connectivity index (χ2v) is 9.81. The van der Waals surface area contributed by atoms with Crippen LogP contribution in [0.5, 0.6) is 0 Å². The van der Waals surface area contributed by atoms with Crippen LogP contribution in [0.15, 0.2) is 0 Å². The second kappa shape index (κ2) is 14.0. The van der Waals surface area contributed by atoms with Gasteiger partial charge in [0, 0.05) is 13.8 Å². The maximum absolute atomic E-state index is 12.1. The molecule has 3 aliphatic heterocycles. The highest BCUT2D eigenvalue weighted by atomic mass is 16.7. The van der Waals surface area contributed by atoms with E-state index >= 15 is 0 Å². The van der Waals surface area contributed by atoms with Crippen LogP contribution in [0.3, 0.4) is 0 Å². The monoisotopic (exact) mass is 586 g/mol. The summed E-state index contributed by atoms with van der Waals surface area (Å²) in [6, 6.07) is -2.92. The van der Waals surface area contributed by atoms with E-state index in [4.69, 9.17) is 23.7 Å². The largest absolute Gasteiger partial charge is 0.394 e. The van der Waals surface area contributed by atoms with Crippen LogP contribution in [0.4, 0.5) is 0 Å². The molecule has 0 bridgehead atoms. The molecule has 0 aliphatic carbocycles. The van der Waals surface area contributed by atoms with Crippen LogP contribution in [0.2, 0.25) is 0 Å². The first-order valence-corrected chi connectivity index (χ1v) is 12.6. The fourth-order valence-electron chi connectivity index (χ4n) is 4.86. The van der Waals surface area contributed by atoms with Crippen LogP contribution in [0.25, 0.3) is 0 Å². The van der Waals surface area contributed by atoms with Crippen molar-refractivity contribution in [1.82, 2.24) is 10.6 Å². The molecule has 15 atom stereocenters. The van der Waals surface area contributed by atoms with Crippen LogP contribution in [-0.4, -0.2) is 170 Å². The van der Waals surface area contributed by atoms with Gasteiger partial charge in [0.1, 0.15) is 73.1 Å². The van der Waals surface area contributed by atoms with E-state index in [1.807, 2.05) is 0 Å². The molecule has 0 aromatic rings. The highest BCUT2D eigenvalue weighted by Crippen LogP contribution is 2.32. The summed E-state index contributed by atoms with van der Waals surface area (Å²) in [5.74, 6) is -1.35. The van der Waals surface area contributed by atoms with Gasteiger partial charge in [-0.2, -0.15) is 0 Å². The van der Waals surface area contributed by atoms with Gasteiger partial charge in [-0.15, -0.1) is 0 Å². The Kier molecular flexibility index (Phi) is 11.5. The molecule has 3 aliphatic rings. The van der Waals surface area contributed by atoms with Gasteiger partial charge in [0.2, 0.25) is 11.8 Å². The molecular weight excluding hydrogens is 548 g/mol. The molecule has 0 aromatic heterocycles. The van der Waals surface area contributed by atoms with Crippen molar-refractivity contribution < 1.29 is 79.2 Å². The van der Waals surface area contributed by atoms with Gasteiger partial charge in [-0.1, -0.05) is 0 Å². The minimum Gasteiger partial charge on any atom is -0.394 e. The lowest BCUT2D eigenvalue weighted by atomic mass is 9.94. The number of carbonyl (C=O) groups is 2. The maximum Gasteiger partial charge on any atom is 0.217 e. The predicted molar refractivity (Wildman–Crippen MR) is 124 cm³/mol. The van der Waals surface area contributed by atoms with E-state index in [0.29, 0.717) is 0 Å². The lowest BCUT2D eigenvalue weighted by Gasteiger charge is -2.49. The van der Waals surface area contributed by atoms with Gasteiger partial charge in [-0.3, -0.25) is 9.59 Å². The Morgan fingerprint density at radius 1 is 0.600 bits per heavy atom. The maximum atomic E-state index is 12.1. The summed E-state index contributed by atoms with van der Waals surface area (Å²) in [6.45, 7) is -0.146. The van der Waals surface area contributed by atoms with Gasteiger partial charge in [-0.05, 0) is 0 Å². The van der Waals surface area contributed by atoms with Crippen LogP contribution < -0.4 is 10.6 Å². The van der Waals surface area contributed by atoms with Gasteiger partial charge < -0.3 is 80.3 Å². The van der Waals surface area contributed by atoms with E-state index in [2.05, 4.69) is 10.6 Å². The summed E-state index contributed by atoms with van der Waals surface area (Å²) in [7, 11) is 0. The van der Waals surface area contributed by atoms with Crippen LogP contribution in [0.1, 0.15) is 13.8 Å². The number of amides is 2. The first kappa shape index (κ1) is 32.9. The Balaban J connectivity index is 1.95. The molecule has 0 spiro atoms. The minimum absolute atomic E-state index is 0.657. The highest BCUT2D eigenvalue weighted by molar-refractivity contribution is 5.73. The third-order valence-corrected chi connectivity index (χ3v) is 6.90. The molecular formula is C22H38N2O16. The fraction of sp³-hybridized carbons (Fsp3) is 0.909. The first-order valence-electron chi connectivity index (χ1n) is 12.6. The van der Waals surface area contributed by atoms with Crippen LogP contribution in [0, 0.1) is 0 Å². The van der Waals surface area contributed by atoms with Gasteiger partial charge in [-0.25, -0.2) is 0 Å². The SMILES string of the molecule is CC(=O)N[C@H]1[C@H](O[C@@H]2[C@@H](O)[C@H](CO)O[C@@H](O[C@H]3[C@@H](O)[C@H](O)O[C@@H](CO)[C@@H]3O)[C@@H]2NC(C)=O)O[C@@H](CO)[C@H](O)[C@@H]1O. The van der Waals surface area contributed by atoms with Crippen molar-refractivity contribution >= 4 is 11.8 Å². The Labute approximate surface area is 228 Å². The zero-order chi connectivity index (χ0) is 29.9. The molecule has 0 unspecified atom stereocenters. The number of hydrogen-bond donors (Lipinski definition) is 11. The molecule has 18 heteroatoms. The molecule has 18 nitrogen and oxygen atoms in total. The number of rotatable bonds is 9. The van der Waals surface area contributed by atoms with Crippen molar-refractivity contribution in [2.75, 3.05) is 19.8 Å². The molecule has 2 amide bonds. The smallest absolute Gasteiger partial charge is 0.217 e. The molecule has 40 heavy (non-hydrogen) atoms. The van der Waals surface area contributed by atoms with E-state index in [-0.39, 0.29) is 0 Å². The Hall–Kier alpha value is -1.62. The Morgan fingerprint density at radius 2 is 1.02 bits per heavy atom. The molecule has 3 rings (SSSR count). The second-order valence-electron chi connectivity index (χ2n) is 9.81. The fourth-order valence-corrected chi connectivity index (χ4v) is 4.86. The molecule has 11 N–H and O–H groups in total. The summed E-state index contributed by atoms with van der Waals surface area (Å²) in [6.07, 6.45) is -21.4.